The number of nitrogen functional groups attached to an aromatic ring is 1. The number of hydrogen-bond donors (Lipinski definition) is 3. The molecule has 0 saturated carbocycles. The van der Waals surface area contributed by atoms with Gasteiger partial charge in [-0.25, -0.2) is 15.8 Å². The van der Waals surface area contributed by atoms with Crippen molar-refractivity contribution >= 4 is 11.6 Å². The summed E-state index contributed by atoms with van der Waals surface area (Å²) in [5.41, 5.74) is 2.48. The molecule has 6 nitrogen and oxygen atoms in total. The molecule has 0 amide bonds. The molecule has 1 aromatic heterocycles. The molecule has 0 aliphatic carbocycles. The number of rotatable bonds is 7. The molecule has 0 radical (unpaired) electrons. The van der Waals surface area contributed by atoms with Crippen LogP contribution in [0.15, 0.2) is 6.33 Å². The summed E-state index contributed by atoms with van der Waals surface area (Å²) in [4.78, 5) is 8.10. The molecule has 17 heavy (non-hydrogen) atoms. The molecule has 0 aliphatic rings. The molecule has 0 fully saturated rings. The first-order chi connectivity index (χ1) is 8.19. The van der Waals surface area contributed by atoms with Gasteiger partial charge in [0.2, 0.25) is 5.75 Å². The molecule has 0 aromatic carbocycles. The smallest absolute Gasteiger partial charge is 0.205 e. The van der Waals surface area contributed by atoms with E-state index >= 15 is 0 Å². The molecule has 1 aromatic rings. The van der Waals surface area contributed by atoms with Crippen LogP contribution in [0.5, 0.6) is 5.75 Å². The van der Waals surface area contributed by atoms with Crippen LogP contribution in [0, 0.1) is 5.92 Å². The minimum atomic E-state index is 0.480. The lowest BCUT2D eigenvalue weighted by Gasteiger charge is -2.12. The summed E-state index contributed by atoms with van der Waals surface area (Å²) in [5.74, 6) is 7.74. The number of hydrogen-bond acceptors (Lipinski definition) is 6. The summed E-state index contributed by atoms with van der Waals surface area (Å²) < 4.78 is 5.22. The maximum absolute atomic E-state index is 5.34. The van der Waals surface area contributed by atoms with Gasteiger partial charge in [-0.05, 0) is 18.8 Å². The third-order valence-electron chi connectivity index (χ3n) is 2.40. The Morgan fingerprint density at radius 1 is 1.35 bits per heavy atom. The third-order valence-corrected chi connectivity index (χ3v) is 2.40. The van der Waals surface area contributed by atoms with Crippen molar-refractivity contribution in [1.82, 2.24) is 9.97 Å². The predicted octanol–water partition coefficient (Wildman–Crippen LogP) is 1.62. The van der Waals surface area contributed by atoms with Gasteiger partial charge >= 0.3 is 0 Å². The van der Waals surface area contributed by atoms with Gasteiger partial charge in [-0.15, -0.1) is 0 Å². The zero-order valence-corrected chi connectivity index (χ0v) is 10.7. The Morgan fingerprint density at radius 2 is 2.06 bits per heavy atom. The molecule has 0 atom stereocenters. The molecule has 0 bridgehead atoms. The zero-order valence-electron chi connectivity index (χ0n) is 10.7. The predicted molar refractivity (Wildman–Crippen MR) is 69.0 cm³/mol. The second-order valence-electron chi connectivity index (χ2n) is 4.21. The van der Waals surface area contributed by atoms with Gasteiger partial charge in [0.1, 0.15) is 6.33 Å². The maximum Gasteiger partial charge on any atom is 0.205 e. The lowest BCUT2D eigenvalue weighted by atomic mass is 10.1. The standard InChI is InChI=1S/C11H21N5O/c1-8(2)5-4-6-13-10-9(17-3)11(16-12)15-7-14-10/h7-8H,4-6,12H2,1-3H3,(H2,13,14,15,16). The van der Waals surface area contributed by atoms with Crippen molar-refractivity contribution in [2.75, 3.05) is 24.4 Å². The SMILES string of the molecule is COc1c(NN)ncnc1NCCCC(C)C. The number of nitrogens with two attached hydrogens (primary N) is 1. The summed E-state index contributed by atoms with van der Waals surface area (Å²) in [6.45, 7) is 5.28. The second kappa shape index (κ2) is 6.90. The Labute approximate surface area is 102 Å². The molecular weight excluding hydrogens is 218 g/mol. The van der Waals surface area contributed by atoms with E-state index in [1.165, 1.54) is 12.7 Å². The fourth-order valence-electron chi connectivity index (χ4n) is 1.51. The van der Waals surface area contributed by atoms with Crippen molar-refractivity contribution < 1.29 is 4.74 Å². The van der Waals surface area contributed by atoms with Crippen molar-refractivity contribution in [3.05, 3.63) is 6.33 Å². The molecule has 0 aliphatic heterocycles. The lowest BCUT2D eigenvalue weighted by Crippen LogP contribution is -2.13. The highest BCUT2D eigenvalue weighted by Gasteiger charge is 2.10. The summed E-state index contributed by atoms with van der Waals surface area (Å²) in [5, 5.41) is 3.22. The van der Waals surface area contributed by atoms with Gasteiger partial charge in [0.25, 0.3) is 0 Å². The van der Waals surface area contributed by atoms with Gasteiger partial charge in [0.05, 0.1) is 7.11 Å². The van der Waals surface area contributed by atoms with Crippen LogP contribution in [-0.4, -0.2) is 23.6 Å². The Hall–Kier alpha value is -1.56. The van der Waals surface area contributed by atoms with Crippen molar-refractivity contribution in [3.8, 4) is 5.75 Å². The number of methoxy groups -OCH3 is 1. The molecule has 1 rings (SSSR count). The first kappa shape index (κ1) is 13.5. The van der Waals surface area contributed by atoms with E-state index in [0.717, 1.165) is 13.0 Å². The number of hydrazine groups is 1. The largest absolute Gasteiger partial charge is 0.490 e. The summed E-state index contributed by atoms with van der Waals surface area (Å²) in [6.07, 6.45) is 3.72. The minimum absolute atomic E-state index is 0.480. The van der Waals surface area contributed by atoms with E-state index in [4.69, 9.17) is 10.6 Å². The monoisotopic (exact) mass is 239 g/mol. The van der Waals surface area contributed by atoms with E-state index in [1.807, 2.05) is 0 Å². The van der Waals surface area contributed by atoms with Crippen LogP contribution in [0.3, 0.4) is 0 Å². The van der Waals surface area contributed by atoms with E-state index in [2.05, 4.69) is 34.6 Å². The topological polar surface area (TPSA) is 85.1 Å². The Morgan fingerprint density at radius 3 is 2.65 bits per heavy atom. The van der Waals surface area contributed by atoms with Crippen LogP contribution in [0.1, 0.15) is 26.7 Å². The van der Waals surface area contributed by atoms with Crippen LogP contribution in [0.4, 0.5) is 11.6 Å². The van der Waals surface area contributed by atoms with E-state index in [0.29, 0.717) is 23.3 Å². The molecule has 0 saturated heterocycles. The van der Waals surface area contributed by atoms with Crippen LogP contribution >= 0.6 is 0 Å². The van der Waals surface area contributed by atoms with Crippen LogP contribution < -0.4 is 21.3 Å². The average molecular weight is 239 g/mol. The fourth-order valence-corrected chi connectivity index (χ4v) is 1.51. The van der Waals surface area contributed by atoms with Gasteiger partial charge < -0.3 is 15.5 Å². The van der Waals surface area contributed by atoms with Crippen LogP contribution in [-0.2, 0) is 0 Å². The van der Waals surface area contributed by atoms with E-state index in [1.54, 1.807) is 7.11 Å². The number of nitrogens with zero attached hydrogens (tertiary/aromatic N) is 2. The van der Waals surface area contributed by atoms with Crippen molar-refractivity contribution in [2.45, 2.75) is 26.7 Å². The quantitative estimate of drug-likeness (QED) is 0.381. The van der Waals surface area contributed by atoms with E-state index in [9.17, 15) is 0 Å². The molecule has 96 valence electrons. The number of ether oxygens (including phenoxy) is 1. The number of aromatic nitrogens is 2. The first-order valence-corrected chi connectivity index (χ1v) is 5.78. The average Bonchev–Trinajstić information content (AvgIpc) is 2.33. The normalized spacial score (nSPS) is 10.4. The maximum atomic E-state index is 5.34. The molecule has 4 N–H and O–H groups in total. The fraction of sp³-hybridized carbons (Fsp3) is 0.636. The highest BCUT2D eigenvalue weighted by atomic mass is 16.5. The van der Waals surface area contributed by atoms with Crippen molar-refractivity contribution in [2.24, 2.45) is 11.8 Å². The van der Waals surface area contributed by atoms with Crippen molar-refractivity contribution in [1.29, 1.82) is 0 Å². The Bertz CT molecular complexity index is 343. The molecular formula is C11H21N5O. The van der Waals surface area contributed by atoms with Crippen molar-refractivity contribution in [3.63, 3.8) is 0 Å². The second-order valence-corrected chi connectivity index (χ2v) is 4.21. The minimum Gasteiger partial charge on any atom is -0.490 e. The first-order valence-electron chi connectivity index (χ1n) is 5.78. The van der Waals surface area contributed by atoms with Gasteiger partial charge in [0, 0.05) is 6.54 Å². The van der Waals surface area contributed by atoms with Gasteiger partial charge in [-0.1, -0.05) is 13.8 Å². The summed E-state index contributed by atoms with van der Waals surface area (Å²) in [7, 11) is 1.57. The highest BCUT2D eigenvalue weighted by Crippen LogP contribution is 2.27. The number of anilines is 2. The third kappa shape index (κ3) is 4.07. The lowest BCUT2D eigenvalue weighted by molar-refractivity contribution is 0.414. The molecule has 0 spiro atoms. The van der Waals surface area contributed by atoms with Gasteiger partial charge in [-0.3, -0.25) is 0 Å². The van der Waals surface area contributed by atoms with Gasteiger partial charge in [-0.2, -0.15) is 0 Å². The zero-order chi connectivity index (χ0) is 12.7. The van der Waals surface area contributed by atoms with Crippen LogP contribution in [0.2, 0.25) is 0 Å². The van der Waals surface area contributed by atoms with Crippen LogP contribution in [0.25, 0.3) is 0 Å². The van der Waals surface area contributed by atoms with Gasteiger partial charge in [0.15, 0.2) is 11.6 Å². The van der Waals surface area contributed by atoms with E-state index in [-0.39, 0.29) is 0 Å². The highest BCUT2D eigenvalue weighted by molar-refractivity contribution is 5.62. The number of nitrogens with one attached hydrogen (secondary N) is 2. The molecule has 0 unspecified atom stereocenters. The summed E-state index contributed by atoms with van der Waals surface area (Å²) in [6, 6.07) is 0. The Kier molecular flexibility index (Phi) is 5.48. The Balaban J connectivity index is 2.58. The summed E-state index contributed by atoms with van der Waals surface area (Å²) >= 11 is 0. The molecule has 6 heteroatoms. The molecule has 1 heterocycles. The van der Waals surface area contributed by atoms with E-state index < -0.39 is 0 Å².